The molecule has 0 spiro atoms. The SMILES string of the molecule is CS(=O)(=O)NC=CI.NC=CI.[CH3-].[CH3-].[V].[V]. The van der Waals surface area contributed by atoms with Gasteiger partial charge in [0.15, 0.2) is 0 Å². The summed E-state index contributed by atoms with van der Waals surface area (Å²) in [6.07, 6.45) is 3.94. The predicted molar refractivity (Wildman–Crippen MR) is 81.3 cm³/mol. The van der Waals surface area contributed by atoms with Crippen LogP contribution in [-0.2, 0) is 47.1 Å². The fourth-order valence-corrected chi connectivity index (χ4v) is 0.888. The van der Waals surface area contributed by atoms with Gasteiger partial charge in [0.25, 0.3) is 0 Å². The Kier molecular flexibility index (Phi) is 57.4. The first kappa shape index (κ1) is 36.1. The Morgan fingerprint density at radius 1 is 1.12 bits per heavy atom. The summed E-state index contributed by atoms with van der Waals surface area (Å²) in [6, 6.07) is 0. The van der Waals surface area contributed by atoms with Gasteiger partial charge in [-0.25, -0.2) is 8.42 Å². The summed E-state index contributed by atoms with van der Waals surface area (Å²) in [6.45, 7) is 0. The van der Waals surface area contributed by atoms with Crippen LogP contribution in [0.3, 0.4) is 0 Å². The van der Waals surface area contributed by atoms with Crippen LogP contribution in [0.4, 0.5) is 0 Å². The van der Waals surface area contributed by atoms with E-state index in [1.165, 1.54) is 12.4 Å². The average Bonchev–Trinajstić information content (AvgIpc) is 2.00. The molecule has 0 aliphatic rings. The molecule has 0 amide bonds. The van der Waals surface area contributed by atoms with Gasteiger partial charge in [-0.2, -0.15) is 0 Å². The van der Waals surface area contributed by atoms with Gasteiger partial charge in [0, 0.05) is 43.3 Å². The zero-order valence-electron chi connectivity index (χ0n) is 9.26. The van der Waals surface area contributed by atoms with E-state index in [-0.39, 0.29) is 52.0 Å². The molecule has 0 atom stereocenters. The van der Waals surface area contributed by atoms with Crippen LogP contribution in [0.25, 0.3) is 0 Å². The summed E-state index contributed by atoms with van der Waals surface area (Å²) in [5.41, 5.74) is 4.84. The Morgan fingerprint density at radius 3 is 1.50 bits per heavy atom. The van der Waals surface area contributed by atoms with Crippen LogP contribution >= 0.6 is 45.2 Å². The van der Waals surface area contributed by atoms with E-state index in [0.717, 1.165) is 6.26 Å². The maximum absolute atomic E-state index is 10.2. The fraction of sp³-hybridized carbons (Fsp3) is 0.143. The van der Waals surface area contributed by atoms with Gasteiger partial charge in [0.05, 0.1) is 6.26 Å². The number of nitrogens with two attached hydrogens (primary N) is 1. The smallest absolute Gasteiger partial charge is 0.229 e. The van der Waals surface area contributed by atoms with Gasteiger partial charge in [-0.05, 0) is 14.4 Å². The second kappa shape index (κ2) is 25.5. The van der Waals surface area contributed by atoms with Gasteiger partial charge in [0.1, 0.15) is 0 Å². The quantitative estimate of drug-likeness (QED) is 0.411. The molecular weight excluding hydrogens is 532 g/mol. The second-order valence-electron chi connectivity index (χ2n) is 1.50. The molecule has 0 saturated carbocycles. The van der Waals surface area contributed by atoms with Crippen molar-refractivity contribution in [1.29, 1.82) is 0 Å². The third-order valence-corrected chi connectivity index (χ3v) is 1.76. The number of hydrogen-bond donors (Lipinski definition) is 2. The van der Waals surface area contributed by atoms with Crippen LogP contribution in [0.2, 0.25) is 0 Å². The first-order chi connectivity index (χ1) is 5.47. The first-order valence-corrected chi connectivity index (χ1v) is 7.05. The van der Waals surface area contributed by atoms with Crippen LogP contribution in [0.1, 0.15) is 0 Å². The molecule has 0 aliphatic heterocycles. The molecule has 98 valence electrons. The molecular formula is C7H16I2N2O2SV2-2. The van der Waals surface area contributed by atoms with Crippen molar-refractivity contribution >= 4 is 55.2 Å². The molecule has 0 rings (SSSR count). The van der Waals surface area contributed by atoms with E-state index in [0.29, 0.717) is 0 Å². The summed E-state index contributed by atoms with van der Waals surface area (Å²) in [7, 11) is -3.03. The monoisotopic (exact) mass is 548 g/mol. The molecule has 0 aliphatic carbocycles. The van der Waals surface area contributed by atoms with Crippen molar-refractivity contribution in [2.75, 3.05) is 6.26 Å². The summed E-state index contributed by atoms with van der Waals surface area (Å²) < 4.78 is 25.9. The first-order valence-electron chi connectivity index (χ1n) is 2.67. The largest absolute Gasteiger partial charge is 0.404 e. The Balaban J connectivity index is -0.0000000281. The van der Waals surface area contributed by atoms with E-state index in [1.54, 1.807) is 8.17 Å². The summed E-state index contributed by atoms with van der Waals surface area (Å²) >= 11 is 3.97. The van der Waals surface area contributed by atoms with Crippen molar-refractivity contribution in [2.45, 2.75) is 0 Å². The van der Waals surface area contributed by atoms with Gasteiger partial charge >= 0.3 is 0 Å². The van der Waals surface area contributed by atoms with Gasteiger partial charge in [-0.3, -0.25) is 4.72 Å². The molecule has 0 aromatic carbocycles. The number of halogens is 2. The van der Waals surface area contributed by atoms with Crippen molar-refractivity contribution in [1.82, 2.24) is 4.72 Å². The van der Waals surface area contributed by atoms with E-state index in [9.17, 15) is 8.42 Å². The van der Waals surface area contributed by atoms with Gasteiger partial charge < -0.3 is 20.6 Å². The van der Waals surface area contributed by atoms with Gasteiger partial charge in [0.2, 0.25) is 10.0 Å². The molecule has 2 radical (unpaired) electrons. The molecule has 4 nitrogen and oxygen atoms in total. The zero-order chi connectivity index (χ0) is 10.0. The molecule has 9 heteroatoms. The Hall–Kier alpha value is 1.66. The molecule has 16 heavy (non-hydrogen) atoms. The predicted octanol–water partition coefficient (Wildman–Crippen LogP) is 2.19. The summed E-state index contributed by atoms with van der Waals surface area (Å²) in [5, 5.41) is 0. The molecule has 3 N–H and O–H groups in total. The molecule has 0 heterocycles. The van der Waals surface area contributed by atoms with E-state index >= 15 is 0 Å². The van der Waals surface area contributed by atoms with E-state index in [1.807, 2.05) is 45.2 Å². The van der Waals surface area contributed by atoms with Crippen molar-refractivity contribution in [3.8, 4) is 0 Å². The minimum Gasteiger partial charge on any atom is -0.404 e. The number of rotatable bonds is 2. The summed E-state index contributed by atoms with van der Waals surface area (Å²) in [5.74, 6) is 0. The molecule has 0 unspecified atom stereocenters. The topological polar surface area (TPSA) is 72.2 Å². The van der Waals surface area contributed by atoms with Crippen molar-refractivity contribution in [3.05, 3.63) is 35.4 Å². The zero-order valence-corrected chi connectivity index (χ0v) is 17.2. The average molecular weight is 548 g/mol. The summed E-state index contributed by atoms with van der Waals surface area (Å²) in [4.78, 5) is 0. The van der Waals surface area contributed by atoms with E-state index < -0.39 is 10.0 Å². The number of sulfonamides is 1. The minimum absolute atomic E-state index is 0. The third-order valence-electron chi connectivity index (χ3n) is 0.418. The maximum Gasteiger partial charge on any atom is 0.229 e. The van der Waals surface area contributed by atoms with Gasteiger partial charge in [-0.15, -0.1) is 0 Å². The van der Waals surface area contributed by atoms with Gasteiger partial charge in [-0.1, -0.05) is 45.2 Å². The Labute approximate surface area is 151 Å². The van der Waals surface area contributed by atoms with E-state index in [2.05, 4.69) is 4.72 Å². The standard InChI is InChI=1S/C3H6INO2S.C2H4IN.2CH3.2V/c1-8(6,7)5-3-2-4;3-1-2-4;;;;/h2-3,5H,1H3;1-2H,4H2;2*1H3;;/q;;2*-1;;. The van der Waals surface area contributed by atoms with Crippen LogP contribution < -0.4 is 10.5 Å². The molecule has 0 aromatic rings. The van der Waals surface area contributed by atoms with Crippen molar-refractivity contribution in [3.63, 3.8) is 0 Å². The van der Waals surface area contributed by atoms with Crippen molar-refractivity contribution in [2.24, 2.45) is 5.73 Å². The van der Waals surface area contributed by atoms with E-state index in [4.69, 9.17) is 5.73 Å². The molecule has 0 fully saturated rings. The van der Waals surface area contributed by atoms with Crippen LogP contribution in [0.15, 0.2) is 20.6 Å². The molecule has 0 saturated heterocycles. The molecule has 0 aromatic heterocycles. The fourth-order valence-electron chi connectivity index (χ4n) is 0.149. The Bertz CT molecular complexity index is 243. The van der Waals surface area contributed by atoms with Crippen LogP contribution in [0.5, 0.6) is 0 Å². The minimum atomic E-state index is -3.03. The second-order valence-corrected chi connectivity index (χ2v) is 4.72. The number of hydrogen-bond acceptors (Lipinski definition) is 3. The number of nitrogens with one attached hydrogen (secondary N) is 1. The normalized spacial score (nSPS) is 8.44. The Morgan fingerprint density at radius 2 is 1.44 bits per heavy atom. The third kappa shape index (κ3) is 57.4. The van der Waals surface area contributed by atoms with Crippen molar-refractivity contribution < 1.29 is 45.5 Å². The van der Waals surface area contributed by atoms with Crippen LogP contribution in [-0.4, -0.2) is 14.7 Å². The molecule has 0 bridgehead atoms. The maximum atomic E-state index is 10.2. The van der Waals surface area contributed by atoms with Crippen LogP contribution in [0, 0.1) is 14.9 Å².